The van der Waals surface area contributed by atoms with Crippen molar-refractivity contribution in [2.24, 2.45) is 0 Å². The van der Waals surface area contributed by atoms with Crippen molar-refractivity contribution in [3.8, 4) is 0 Å². The second kappa shape index (κ2) is 4.73. The van der Waals surface area contributed by atoms with Crippen molar-refractivity contribution in [2.75, 3.05) is 13.1 Å². The van der Waals surface area contributed by atoms with Crippen LogP contribution in [0.5, 0.6) is 0 Å². The summed E-state index contributed by atoms with van der Waals surface area (Å²) in [5.41, 5.74) is 1.14. The van der Waals surface area contributed by atoms with Crippen LogP contribution in [-0.2, 0) is 0 Å². The molecule has 2 nitrogen and oxygen atoms in total. The zero-order chi connectivity index (χ0) is 10.8. The van der Waals surface area contributed by atoms with E-state index in [4.69, 9.17) is 0 Å². The van der Waals surface area contributed by atoms with Crippen LogP contribution in [0.1, 0.15) is 12.8 Å². The number of thiazole rings is 1. The molecule has 0 aliphatic carbocycles. The first-order chi connectivity index (χ1) is 7.92. The van der Waals surface area contributed by atoms with Crippen molar-refractivity contribution < 1.29 is 0 Å². The molecule has 16 heavy (non-hydrogen) atoms. The molecule has 2 heterocycles. The van der Waals surface area contributed by atoms with Crippen LogP contribution in [0.3, 0.4) is 0 Å². The predicted octanol–water partition coefficient (Wildman–Crippen LogP) is 3.14. The van der Waals surface area contributed by atoms with Gasteiger partial charge in [-0.1, -0.05) is 23.9 Å². The Morgan fingerprint density at radius 2 is 2.31 bits per heavy atom. The highest BCUT2D eigenvalue weighted by Gasteiger charge is 2.16. The lowest BCUT2D eigenvalue weighted by Gasteiger charge is -2.20. The van der Waals surface area contributed by atoms with E-state index in [0.717, 1.165) is 12.1 Å². The van der Waals surface area contributed by atoms with Crippen LogP contribution in [0.15, 0.2) is 28.6 Å². The average Bonchev–Trinajstić information content (AvgIpc) is 2.72. The lowest BCUT2D eigenvalue weighted by molar-refractivity contribution is 0.531. The molecule has 0 amide bonds. The molecular formula is C12H14N2S2. The van der Waals surface area contributed by atoms with Gasteiger partial charge in [-0.15, -0.1) is 11.3 Å². The van der Waals surface area contributed by atoms with Gasteiger partial charge in [-0.25, -0.2) is 4.98 Å². The minimum absolute atomic E-state index is 0.703. The van der Waals surface area contributed by atoms with Gasteiger partial charge in [0.05, 0.1) is 10.2 Å². The molecule has 1 atom stereocenters. The molecule has 2 aromatic rings. The zero-order valence-electron chi connectivity index (χ0n) is 8.98. The number of hydrogen-bond donors (Lipinski definition) is 1. The van der Waals surface area contributed by atoms with E-state index >= 15 is 0 Å². The van der Waals surface area contributed by atoms with Crippen LogP contribution in [-0.4, -0.2) is 23.3 Å². The minimum Gasteiger partial charge on any atom is -0.316 e. The molecular weight excluding hydrogens is 236 g/mol. The van der Waals surface area contributed by atoms with Crippen molar-refractivity contribution in [3.05, 3.63) is 24.3 Å². The third-order valence-electron chi connectivity index (χ3n) is 2.79. The van der Waals surface area contributed by atoms with Crippen LogP contribution < -0.4 is 5.32 Å². The molecule has 0 radical (unpaired) electrons. The van der Waals surface area contributed by atoms with Crippen molar-refractivity contribution in [2.45, 2.75) is 22.4 Å². The van der Waals surface area contributed by atoms with Crippen LogP contribution in [0, 0.1) is 0 Å². The maximum absolute atomic E-state index is 4.66. The normalized spacial score (nSPS) is 21.4. The number of fused-ring (bicyclic) bond motifs is 1. The molecule has 84 valence electrons. The Balaban J connectivity index is 1.78. The minimum atomic E-state index is 0.703. The van der Waals surface area contributed by atoms with E-state index in [-0.39, 0.29) is 0 Å². The largest absolute Gasteiger partial charge is 0.316 e. The van der Waals surface area contributed by atoms with Gasteiger partial charge in [0.1, 0.15) is 0 Å². The third-order valence-corrected chi connectivity index (χ3v) is 5.19. The molecule has 4 heteroatoms. The highest BCUT2D eigenvalue weighted by Crippen LogP contribution is 2.33. The number of aromatic nitrogens is 1. The number of thioether (sulfide) groups is 1. The van der Waals surface area contributed by atoms with Gasteiger partial charge in [0.15, 0.2) is 4.34 Å². The maximum atomic E-state index is 4.66. The number of para-hydroxylation sites is 1. The summed E-state index contributed by atoms with van der Waals surface area (Å²) < 4.78 is 2.52. The number of nitrogens with one attached hydrogen (secondary N) is 1. The zero-order valence-corrected chi connectivity index (χ0v) is 10.6. The van der Waals surface area contributed by atoms with E-state index in [2.05, 4.69) is 34.6 Å². The topological polar surface area (TPSA) is 24.9 Å². The number of hydrogen-bond acceptors (Lipinski definition) is 4. The van der Waals surface area contributed by atoms with Crippen LogP contribution in [0.4, 0.5) is 0 Å². The molecule has 1 unspecified atom stereocenters. The standard InChI is InChI=1S/C12H14N2S2/c1-2-6-11-10(5-1)14-12(16-11)15-9-4-3-7-13-8-9/h1-2,5-6,9,13H,3-4,7-8H2. The van der Waals surface area contributed by atoms with Gasteiger partial charge >= 0.3 is 0 Å². The Hall–Kier alpha value is -0.580. The Bertz CT molecular complexity index is 442. The van der Waals surface area contributed by atoms with Crippen LogP contribution >= 0.6 is 23.1 Å². The molecule has 1 N–H and O–H groups in total. The fraction of sp³-hybridized carbons (Fsp3) is 0.417. The molecule has 1 saturated heterocycles. The first kappa shape index (κ1) is 10.6. The van der Waals surface area contributed by atoms with Gasteiger partial charge in [-0.2, -0.15) is 0 Å². The molecule has 0 saturated carbocycles. The quantitative estimate of drug-likeness (QED) is 0.886. The second-order valence-electron chi connectivity index (χ2n) is 4.03. The Labute approximate surface area is 103 Å². The molecule has 1 aliphatic heterocycles. The van der Waals surface area contributed by atoms with Crippen molar-refractivity contribution in [1.29, 1.82) is 0 Å². The molecule has 1 aromatic carbocycles. The van der Waals surface area contributed by atoms with Crippen LogP contribution in [0.25, 0.3) is 10.2 Å². The number of piperidine rings is 1. The van der Waals surface area contributed by atoms with E-state index in [1.807, 2.05) is 23.1 Å². The van der Waals surface area contributed by atoms with E-state index in [1.54, 1.807) is 0 Å². The smallest absolute Gasteiger partial charge is 0.151 e. The summed E-state index contributed by atoms with van der Waals surface area (Å²) in [6, 6.07) is 8.38. The van der Waals surface area contributed by atoms with Gasteiger partial charge in [0.25, 0.3) is 0 Å². The summed E-state index contributed by atoms with van der Waals surface area (Å²) >= 11 is 3.75. The van der Waals surface area contributed by atoms with E-state index < -0.39 is 0 Å². The molecule has 3 rings (SSSR count). The van der Waals surface area contributed by atoms with Crippen molar-refractivity contribution in [1.82, 2.24) is 10.3 Å². The highest BCUT2D eigenvalue weighted by atomic mass is 32.2. The summed E-state index contributed by atoms with van der Waals surface area (Å²) in [5, 5.41) is 4.15. The molecule has 1 aliphatic rings. The first-order valence-electron chi connectivity index (χ1n) is 5.65. The highest BCUT2D eigenvalue weighted by molar-refractivity contribution is 8.01. The SMILES string of the molecule is c1ccc2sc(SC3CCCNC3)nc2c1. The maximum Gasteiger partial charge on any atom is 0.151 e. The average molecular weight is 250 g/mol. The number of benzene rings is 1. The van der Waals surface area contributed by atoms with Gasteiger partial charge in [0, 0.05) is 11.8 Å². The van der Waals surface area contributed by atoms with Crippen LogP contribution in [0.2, 0.25) is 0 Å². The fourth-order valence-corrected chi connectivity index (χ4v) is 4.45. The van der Waals surface area contributed by atoms with Gasteiger partial charge in [-0.05, 0) is 31.5 Å². The summed E-state index contributed by atoms with van der Waals surface area (Å²) in [6.45, 7) is 2.30. The van der Waals surface area contributed by atoms with E-state index in [0.29, 0.717) is 5.25 Å². The lowest BCUT2D eigenvalue weighted by Crippen LogP contribution is -2.31. The molecule has 1 fully saturated rings. The molecule has 1 aromatic heterocycles. The van der Waals surface area contributed by atoms with Gasteiger partial charge in [-0.3, -0.25) is 0 Å². The predicted molar refractivity (Wildman–Crippen MR) is 71.4 cm³/mol. The second-order valence-corrected chi connectivity index (χ2v) is 6.61. The lowest BCUT2D eigenvalue weighted by atomic mass is 10.2. The Morgan fingerprint density at radius 3 is 3.12 bits per heavy atom. The first-order valence-corrected chi connectivity index (χ1v) is 7.34. The summed E-state index contributed by atoms with van der Waals surface area (Å²) in [7, 11) is 0. The summed E-state index contributed by atoms with van der Waals surface area (Å²) in [4.78, 5) is 4.66. The van der Waals surface area contributed by atoms with Crippen molar-refractivity contribution in [3.63, 3.8) is 0 Å². The fourth-order valence-electron chi connectivity index (χ4n) is 1.96. The Morgan fingerprint density at radius 1 is 1.38 bits per heavy atom. The third kappa shape index (κ3) is 2.24. The van der Waals surface area contributed by atoms with E-state index in [9.17, 15) is 0 Å². The Kier molecular flexibility index (Phi) is 3.13. The summed E-state index contributed by atoms with van der Waals surface area (Å²) in [6.07, 6.45) is 2.61. The number of nitrogens with zero attached hydrogens (tertiary/aromatic N) is 1. The molecule has 0 spiro atoms. The van der Waals surface area contributed by atoms with Gasteiger partial charge < -0.3 is 5.32 Å². The van der Waals surface area contributed by atoms with E-state index in [1.165, 1.54) is 28.4 Å². The number of rotatable bonds is 2. The monoisotopic (exact) mass is 250 g/mol. The summed E-state index contributed by atoms with van der Waals surface area (Å²) in [5.74, 6) is 0. The van der Waals surface area contributed by atoms with Gasteiger partial charge in [0.2, 0.25) is 0 Å². The molecule has 0 bridgehead atoms. The van der Waals surface area contributed by atoms with Crippen molar-refractivity contribution >= 4 is 33.3 Å².